The fourth-order valence-electron chi connectivity index (χ4n) is 3.11. The van der Waals surface area contributed by atoms with E-state index in [0.717, 1.165) is 32.7 Å². The third kappa shape index (κ3) is 3.48. The molecule has 0 radical (unpaired) electrons. The van der Waals surface area contributed by atoms with Crippen molar-refractivity contribution in [1.29, 1.82) is 0 Å². The first-order valence-corrected chi connectivity index (χ1v) is 11.0. The van der Waals surface area contributed by atoms with Crippen LogP contribution in [-0.4, -0.2) is 33.7 Å². The lowest BCUT2D eigenvalue weighted by molar-refractivity contribution is 0.0981. The lowest BCUT2D eigenvalue weighted by Gasteiger charge is -2.24. The highest BCUT2D eigenvalue weighted by atomic mass is 79.9. The molecule has 0 fully saturated rings. The highest BCUT2D eigenvalue weighted by Crippen LogP contribution is 2.36. The molecule has 26 heavy (non-hydrogen) atoms. The molecular weight excluding hydrogens is 440 g/mol. The molecule has 2 aromatic rings. The average Bonchev–Trinajstić information content (AvgIpc) is 2.88. The summed E-state index contributed by atoms with van der Waals surface area (Å²) in [6.45, 7) is 1.99. The van der Waals surface area contributed by atoms with Gasteiger partial charge in [0.05, 0.1) is 17.0 Å². The molecule has 138 valence electrons. The molecule has 0 aliphatic carbocycles. The fourth-order valence-corrected chi connectivity index (χ4v) is 4.33. The molecule has 1 aliphatic heterocycles. The second-order valence-corrected chi connectivity index (χ2v) is 9.73. The molecule has 2 aromatic carbocycles. The van der Waals surface area contributed by atoms with Crippen LogP contribution in [0.25, 0.3) is 0 Å². The van der Waals surface area contributed by atoms with Crippen molar-refractivity contribution >= 4 is 54.8 Å². The zero-order valence-corrected chi connectivity index (χ0v) is 17.7. The van der Waals surface area contributed by atoms with Crippen LogP contribution in [-0.2, 0) is 16.4 Å². The Morgan fingerprint density at radius 3 is 2.62 bits per heavy atom. The zero-order valence-electron chi connectivity index (χ0n) is 14.5. The van der Waals surface area contributed by atoms with Gasteiger partial charge in [-0.15, -0.1) is 0 Å². The van der Waals surface area contributed by atoms with Gasteiger partial charge < -0.3 is 4.90 Å². The quantitative estimate of drug-likeness (QED) is 0.697. The Morgan fingerprint density at radius 2 is 1.96 bits per heavy atom. The van der Waals surface area contributed by atoms with E-state index >= 15 is 0 Å². The number of hydrogen-bond donors (Lipinski definition) is 0. The number of benzene rings is 2. The molecule has 1 aliphatic rings. The van der Waals surface area contributed by atoms with Crippen molar-refractivity contribution in [2.45, 2.75) is 19.4 Å². The van der Waals surface area contributed by atoms with E-state index in [1.54, 1.807) is 17.0 Å². The van der Waals surface area contributed by atoms with Crippen LogP contribution in [0.15, 0.2) is 40.9 Å². The van der Waals surface area contributed by atoms with Gasteiger partial charge in [0, 0.05) is 28.8 Å². The van der Waals surface area contributed by atoms with Crippen molar-refractivity contribution in [2.24, 2.45) is 0 Å². The molecule has 0 unspecified atom stereocenters. The maximum absolute atomic E-state index is 13.1. The summed E-state index contributed by atoms with van der Waals surface area (Å²) < 4.78 is 25.7. The highest BCUT2D eigenvalue weighted by Gasteiger charge is 2.32. The number of anilines is 2. The highest BCUT2D eigenvalue weighted by molar-refractivity contribution is 9.10. The minimum Gasteiger partial charge on any atom is -0.305 e. The molecule has 8 heteroatoms. The second kappa shape index (κ2) is 6.87. The molecule has 1 heterocycles. The largest absolute Gasteiger partial charge is 0.305 e. The lowest BCUT2D eigenvalue weighted by Crippen LogP contribution is -2.36. The summed E-state index contributed by atoms with van der Waals surface area (Å²) in [5, 5.41) is 0.272. The van der Waals surface area contributed by atoms with E-state index in [9.17, 15) is 13.2 Å². The van der Waals surface area contributed by atoms with E-state index in [4.69, 9.17) is 11.6 Å². The summed E-state index contributed by atoms with van der Waals surface area (Å²) in [5.41, 5.74) is 2.65. The first kappa shape index (κ1) is 19.2. The first-order valence-electron chi connectivity index (χ1n) is 7.95. The summed E-state index contributed by atoms with van der Waals surface area (Å²) in [5.74, 6) is -0.182. The van der Waals surface area contributed by atoms with E-state index in [0.29, 0.717) is 5.56 Å². The molecular formula is C18H18BrClN2O3S. The molecule has 0 aromatic heterocycles. The van der Waals surface area contributed by atoms with Crippen LogP contribution in [0, 0.1) is 0 Å². The Labute approximate surface area is 166 Å². The van der Waals surface area contributed by atoms with Crippen molar-refractivity contribution in [3.05, 3.63) is 57.0 Å². The summed E-state index contributed by atoms with van der Waals surface area (Å²) >= 11 is 9.61. The topological polar surface area (TPSA) is 57.7 Å². The minimum absolute atomic E-state index is 0.0126. The van der Waals surface area contributed by atoms with Gasteiger partial charge in [-0.05, 0) is 55.3 Å². The van der Waals surface area contributed by atoms with Crippen molar-refractivity contribution < 1.29 is 13.2 Å². The van der Waals surface area contributed by atoms with Gasteiger partial charge in [0.1, 0.15) is 0 Å². The van der Waals surface area contributed by atoms with Crippen molar-refractivity contribution in [1.82, 2.24) is 0 Å². The Morgan fingerprint density at radius 1 is 1.27 bits per heavy atom. The predicted octanol–water partition coefficient (Wildman–Crippen LogP) is 4.09. The van der Waals surface area contributed by atoms with Crippen LogP contribution < -0.4 is 9.21 Å². The number of halogens is 2. The van der Waals surface area contributed by atoms with E-state index in [1.807, 2.05) is 25.1 Å². The molecule has 0 saturated carbocycles. The Balaban J connectivity index is 2.02. The molecule has 3 rings (SSSR count). The van der Waals surface area contributed by atoms with E-state index < -0.39 is 10.0 Å². The zero-order chi connectivity index (χ0) is 19.2. The van der Waals surface area contributed by atoms with Crippen molar-refractivity contribution in [2.75, 3.05) is 22.5 Å². The minimum atomic E-state index is -3.49. The molecule has 0 saturated heterocycles. The van der Waals surface area contributed by atoms with E-state index in [2.05, 4.69) is 15.9 Å². The van der Waals surface area contributed by atoms with Crippen LogP contribution in [0.4, 0.5) is 11.4 Å². The van der Waals surface area contributed by atoms with Crippen molar-refractivity contribution in [3.63, 3.8) is 0 Å². The maximum atomic E-state index is 13.1. The van der Waals surface area contributed by atoms with Gasteiger partial charge in [0.15, 0.2) is 0 Å². The third-order valence-corrected chi connectivity index (χ3v) is 6.51. The van der Waals surface area contributed by atoms with Gasteiger partial charge >= 0.3 is 0 Å². The van der Waals surface area contributed by atoms with Crippen LogP contribution >= 0.6 is 27.5 Å². The number of carbonyl (C=O) groups excluding carboxylic acids is 1. The van der Waals surface area contributed by atoms with Crippen LogP contribution in [0.2, 0.25) is 5.02 Å². The number of sulfonamides is 1. The number of rotatable bonds is 3. The number of hydrogen-bond acceptors (Lipinski definition) is 3. The smallest absolute Gasteiger partial charge is 0.258 e. The summed E-state index contributed by atoms with van der Waals surface area (Å²) in [7, 11) is -2.07. The number of fused-ring (bicyclic) bond motifs is 1. The second-order valence-electron chi connectivity index (χ2n) is 6.40. The number of amides is 1. The van der Waals surface area contributed by atoms with Crippen LogP contribution in [0.1, 0.15) is 22.8 Å². The van der Waals surface area contributed by atoms with Crippen LogP contribution in [0.5, 0.6) is 0 Å². The van der Waals surface area contributed by atoms with Gasteiger partial charge in [-0.3, -0.25) is 9.10 Å². The number of nitrogens with zero attached hydrogens (tertiary/aromatic N) is 2. The maximum Gasteiger partial charge on any atom is 0.258 e. The molecule has 1 atom stereocenters. The molecule has 0 bridgehead atoms. The average molecular weight is 458 g/mol. The Hall–Kier alpha value is -1.57. The van der Waals surface area contributed by atoms with Crippen molar-refractivity contribution in [3.8, 4) is 0 Å². The van der Waals surface area contributed by atoms with Gasteiger partial charge in [-0.2, -0.15) is 0 Å². The Bertz CT molecular complexity index is 994. The number of carbonyl (C=O) groups is 1. The van der Waals surface area contributed by atoms with Gasteiger partial charge in [-0.1, -0.05) is 27.5 Å². The standard InChI is InChI=1S/C18H18BrClN2O3S/c1-11-8-13-9-14(19)5-7-16(13)22(11)18(23)12-4-6-15(20)17(10-12)21(2)26(3,24)25/h4-7,9-11H,8H2,1-3H3/t11-/m0/s1. The third-order valence-electron chi connectivity index (χ3n) is 4.51. The molecule has 0 spiro atoms. The molecule has 1 amide bonds. The lowest BCUT2D eigenvalue weighted by atomic mass is 10.1. The van der Waals surface area contributed by atoms with Gasteiger partial charge in [-0.25, -0.2) is 8.42 Å². The van der Waals surface area contributed by atoms with E-state index in [-0.39, 0.29) is 22.7 Å². The fraction of sp³-hybridized carbons (Fsp3) is 0.278. The SMILES string of the molecule is C[C@H]1Cc2cc(Br)ccc2N1C(=O)c1ccc(Cl)c(N(C)S(C)(=O)=O)c1. The molecule has 0 N–H and O–H groups in total. The first-order chi connectivity index (χ1) is 12.1. The normalized spacial score (nSPS) is 16.5. The summed E-state index contributed by atoms with van der Waals surface area (Å²) in [6, 6.07) is 10.5. The summed E-state index contributed by atoms with van der Waals surface area (Å²) in [6.07, 6.45) is 1.86. The van der Waals surface area contributed by atoms with Gasteiger partial charge in [0.2, 0.25) is 10.0 Å². The van der Waals surface area contributed by atoms with Gasteiger partial charge in [0.25, 0.3) is 5.91 Å². The monoisotopic (exact) mass is 456 g/mol. The Kier molecular flexibility index (Phi) is 5.07. The molecule has 5 nitrogen and oxygen atoms in total. The summed E-state index contributed by atoms with van der Waals surface area (Å²) in [4.78, 5) is 14.9. The van der Waals surface area contributed by atoms with Crippen LogP contribution in [0.3, 0.4) is 0 Å². The predicted molar refractivity (Wildman–Crippen MR) is 109 cm³/mol. The van der Waals surface area contributed by atoms with E-state index in [1.165, 1.54) is 13.1 Å².